The van der Waals surface area contributed by atoms with Gasteiger partial charge >= 0.3 is 0 Å². The maximum Gasteiger partial charge on any atom is 0.230 e. The van der Waals surface area contributed by atoms with Gasteiger partial charge in [0.25, 0.3) is 0 Å². The highest BCUT2D eigenvalue weighted by molar-refractivity contribution is 7.99. The number of carbonyl (C=O) groups is 1. The van der Waals surface area contributed by atoms with E-state index >= 15 is 0 Å². The van der Waals surface area contributed by atoms with Crippen LogP contribution in [0, 0.1) is 13.8 Å². The Morgan fingerprint density at radius 3 is 2.48 bits per heavy atom. The van der Waals surface area contributed by atoms with Crippen LogP contribution in [0.15, 0.2) is 78.2 Å². The third-order valence-electron chi connectivity index (χ3n) is 5.58. The third-order valence-corrected chi connectivity index (χ3v) is 6.55. The summed E-state index contributed by atoms with van der Waals surface area (Å²) in [6, 6.07) is 20.2. The van der Waals surface area contributed by atoms with Gasteiger partial charge in [0.05, 0.1) is 18.3 Å². The van der Waals surface area contributed by atoms with E-state index in [-0.39, 0.29) is 17.7 Å². The van der Waals surface area contributed by atoms with Crippen molar-refractivity contribution in [1.82, 2.24) is 25.1 Å². The van der Waals surface area contributed by atoms with Crippen molar-refractivity contribution < 1.29 is 4.79 Å². The normalized spacial score (nSPS) is 11.8. The minimum Gasteiger partial charge on any atom is -0.349 e. The first kappa shape index (κ1) is 22.7. The number of hydrogen-bond donors (Lipinski definition) is 1. The molecule has 0 radical (unpaired) electrons. The fourth-order valence-corrected chi connectivity index (χ4v) is 4.30. The zero-order valence-electron chi connectivity index (χ0n) is 19.0. The predicted molar refractivity (Wildman–Crippen MR) is 132 cm³/mol. The van der Waals surface area contributed by atoms with Gasteiger partial charge < -0.3 is 5.32 Å². The predicted octanol–water partition coefficient (Wildman–Crippen LogP) is 4.97. The highest BCUT2D eigenvalue weighted by atomic mass is 32.2. The van der Waals surface area contributed by atoms with Crippen molar-refractivity contribution in [2.45, 2.75) is 38.5 Å². The molecule has 2 heterocycles. The average molecular weight is 458 g/mol. The van der Waals surface area contributed by atoms with E-state index < -0.39 is 0 Å². The van der Waals surface area contributed by atoms with Gasteiger partial charge in [-0.2, -0.15) is 0 Å². The molecule has 1 amide bonds. The minimum atomic E-state index is -0.0630. The summed E-state index contributed by atoms with van der Waals surface area (Å²) in [5, 5.41) is 12.6. The van der Waals surface area contributed by atoms with E-state index in [0.29, 0.717) is 11.7 Å². The molecule has 6 nitrogen and oxygen atoms in total. The zero-order valence-corrected chi connectivity index (χ0v) is 19.8. The number of nitrogens with one attached hydrogen (secondary N) is 1. The van der Waals surface area contributed by atoms with E-state index in [0.717, 1.165) is 22.5 Å². The molecular weight excluding hydrogens is 430 g/mol. The minimum absolute atomic E-state index is 0.0366. The third kappa shape index (κ3) is 5.68. The fraction of sp³-hybridized carbons (Fsp3) is 0.231. The van der Waals surface area contributed by atoms with Crippen LogP contribution in [0.4, 0.5) is 0 Å². The molecule has 0 aliphatic heterocycles. The molecule has 2 aromatic heterocycles. The Bertz CT molecular complexity index is 1220. The second-order valence-corrected chi connectivity index (χ2v) is 8.98. The van der Waals surface area contributed by atoms with E-state index in [1.54, 1.807) is 12.4 Å². The highest BCUT2D eigenvalue weighted by Crippen LogP contribution is 2.25. The molecule has 33 heavy (non-hydrogen) atoms. The zero-order chi connectivity index (χ0) is 23.2. The van der Waals surface area contributed by atoms with E-state index in [9.17, 15) is 4.79 Å². The van der Waals surface area contributed by atoms with Crippen LogP contribution in [-0.4, -0.2) is 31.4 Å². The SMILES string of the molecule is Cc1ccc(C(C)NC(=O)CSc2nnc(-c3ccncc3)n2Cc2ccccc2)cc1C. The molecule has 1 N–H and O–H groups in total. The smallest absolute Gasteiger partial charge is 0.230 e. The number of amides is 1. The molecule has 1 atom stereocenters. The number of thioether (sulfide) groups is 1. The van der Waals surface area contributed by atoms with E-state index in [4.69, 9.17) is 0 Å². The number of benzene rings is 2. The Morgan fingerprint density at radius 2 is 1.76 bits per heavy atom. The Labute approximate surface area is 198 Å². The van der Waals surface area contributed by atoms with Crippen molar-refractivity contribution in [3.8, 4) is 11.4 Å². The first-order valence-electron chi connectivity index (χ1n) is 10.9. The summed E-state index contributed by atoms with van der Waals surface area (Å²) in [5.74, 6) is 0.983. The van der Waals surface area contributed by atoms with Gasteiger partial charge in [0.1, 0.15) is 0 Å². The number of pyridine rings is 1. The van der Waals surface area contributed by atoms with Crippen molar-refractivity contribution >= 4 is 17.7 Å². The van der Waals surface area contributed by atoms with Gasteiger partial charge in [0.15, 0.2) is 11.0 Å². The van der Waals surface area contributed by atoms with E-state index in [1.165, 1.54) is 22.9 Å². The molecule has 0 aliphatic carbocycles. The van der Waals surface area contributed by atoms with Crippen LogP contribution in [0.1, 0.15) is 35.2 Å². The number of aromatic nitrogens is 4. The van der Waals surface area contributed by atoms with E-state index in [1.807, 2.05) is 37.3 Å². The first-order valence-corrected chi connectivity index (χ1v) is 11.9. The Balaban J connectivity index is 1.48. The van der Waals surface area contributed by atoms with Crippen LogP contribution in [0.3, 0.4) is 0 Å². The van der Waals surface area contributed by atoms with Gasteiger partial charge in [-0.25, -0.2) is 0 Å². The van der Waals surface area contributed by atoms with Crippen molar-refractivity contribution in [2.75, 3.05) is 5.75 Å². The number of carbonyl (C=O) groups excluding carboxylic acids is 1. The molecule has 2 aromatic carbocycles. The highest BCUT2D eigenvalue weighted by Gasteiger charge is 2.17. The number of hydrogen-bond acceptors (Lipinski definition) is 5. The van der Waals surface area contributed by atoms with Crippen molar-refractivity contribution in [3.05, 3.63) is 95.3 Å². The average Bonchev–Trinajstić information content (AvgIpc) is 3.23. The van der Waals surface area contributed by atoms with Gasteiger partial charge in [0, 0.05) is 18.0 Å². The van der Waals surface area contributed by atoms with Crippen molar-refractivity contribution in [3.63, 3.8) is 0 Å². The molecule has 0 spiro atoms. The summed E-state index contributed by atoms with van der Waals surface area (Å²) in [5.41, 5.74) is 5.65. The van der Waals surface area contributed by atoms with Gasteiger partial charge in [-0.3, -0.25) is 14.3 Å². The Kier molecular flexibility index (Phi) is 7.19. The Hall–Kier alpha value is -3.45. The monoisotopic (exact) mass is 457 g/mol. The Morgan fingerprint density at radius 1 is 1.00 bits per heavy atom. The molecule has 0 fully saturated rings. The molecule has 168 valence electrons. The summed E-state index contributed by atoms with van der Waals surface area (Å²) in [6.07, 6.45) is 3.48. The number of rotatable bonds is 8. The summed E-state index contributed by atoms with van der Waals surface area (Å²) >= 11 is 1.39. The summed E-state index contributed by atoms with van der Waals surface area (Å²) in [6.45, 7) is 6.80. The van der Waals surface area contributed by atoms with Crippen LogP contribution in [0.25, 0.3) is 11.4 Å². The molecule has 1 unspecified atom stereocenters. The fourth-order valence-electron chi connectivity index (χ4n) is 3.55. The largest absolute Gasteiger partial charge is 0.349 e. The van der Waals surface area contributed by atoms with Crippen LogP contribution in [0.5, 0.6) is 0 Å². The second kappa shape index (κ2) is 10.4. The van der Waals surface area contributed by atoms with E-state index in [2.05, 4.69) is 69.2 Å². The van der Waals surface area contributed by atoms with Crippen LogP contribution in [-0.2, 0) is 11.3 Å². The molecule has 4 aromatic rings. The topological polar surface area (TPSA) is 72.7 Å². The molecule has 0 bridgehead atoms. The van der Waals surface area contributed by atoms with Gasteiger partial charge in [-0.05, 0) is 55.2 Å². The standard InChI is InChI=1S/C26H27N5OS/c1-18-9-10-23(15-19(18)2)20(3)28-24(32)17-33-26-30-29-25(22-11-13-27-14-12-22)31(26)16-21-7-5-4-6-8-21/h4-15,20H,16-17H2,1-3H3,(H,28,32). The lowest BCUT2D eigenvalue weighted by molar-refractivity contribution is -0.119. The lowest BCUT2D eigenvalue weighted by Crippen LogP contribution is -2.28. The lowest BCUT2D eigenvalue weighted by atomic mass is 10.0. The van der Waals surface area contributed by atoms with Crippen LogP contribution >= 0.6 is 11.8 Å². The van der Waals surface area contributed by atoms with Gasteiger partial charge in [-0.1, -0.05) is 60.3 Å². The second-order valence-electron chi connectivity index (χ2n) is 8.04. The summed E-state index contributed by atoms with van der Waals surface area (Å²) in [7, 11) is 0. The van der Waals surface area contributed by atoms with Crippen molar-refractivity contribution in [1.29, 1.82) is 0 Å². The number of nitrogens with zero attached hydrogens (tertiary/aromatic N) is 4. The first-order chi connectivity index (χ1) is 16.0. The van der Waals surface area contributed by atoms with Crippen LogP contribution in [0.2, 0.25) is 0 Å². The molecule has 7 heteroatoms. The quantitative estimate of drug-likeness (QED) is 0.378. The van der Waals surface area contributed by atoms with Gasteiger partial charge in [0.2, 0.25) is 5.91 Å². The molecule has 4 rings (SSSR count). The lowest BCUT2D eigenvalue weighted by Gasteiger charge is -2.16. The maximum atomic E-state index is 12.7. The van der Waals surface area contributed by atoms with Crippen molar-refractivity contribution in [2.24, 2.45) is 0 Å². The molecule has 0 saturated heterocycles. The molecule has 0 aliphatic rings. The number of aryl methyl sites for hydroxylation is 2. The molecular formula is C26H27N5OS. The maximum absolute atomic E-state index is 12.7. The molecule has 0 saturated carbocycles. The van der Waals surface area contributed by atoms with Gasteiger partial charge in [-0.15, -0.1) is 10.2 Å². The van der Waals surface area contributed by atoms with Crippen LogP contribution < -0.4 is 5.32 Å². The summed E-state index contributed by atoms with van der Waals surface area (Å²) in [4.78, 5) is 16.8. The summed E-state index contributed by atoms with van der Waals surface area (Å²) < 4.78 is 2.05.